The zero-order valence-corrected chi connectivity index (χ0v) is 11.2. The number of anilines is 1. The molecule has 3 nitrogen and oxygen atoms in total. The number of H-pyrrole nitrogens is 1. The predicted molar refractivity (Wildman–Crippen MR) is 74.9 cm³/mol. The van der Waals surface area contributed by atoms with Gasteiger partial charge in [-0.2, -0.15) is 5.10 Å². The van der Waals surface area contributed by atoms with Crippen molar-refractivity contribution in [3.63, 3.8) is 0 Å². The number of aromatic nitrogens is 2. The molecule has 1 aromatic heterocycles. The first-order chi connectivity index (χ1) is 8.63. The van der Waals surface area contributed by atoms with Crippen molar-refractivity contribution >= 4 is 5.82 Å². The molecular formula is C15H19N3. The van der Waals surface area contributed by atoms with Crippen molar-refractivity contribution < 1.29 is 0 Å². The summed E-state index contributed by atoms with van der Waals surface area (Å²) in [5, 5.41) is 10.9. The quantitative estimate of drug-likeness (QED) is 0.862. The molecule has 0 amide bonds. The van der Waals surface area contributed by atoms with Crippen LogP contribution in [0, 0.1) is 20.8 Å². The number of nitrogens with zero attached hydrogens (tertiary/aromatic N) is 1. The molecule has 18 heavy (non-hydrogen) atoms. The third-order valence-electron chi connectivity index (χ3n) is 3.64. The van der Waals surface area contributed by atoms with Crippen molar-refractivity contribution in [2.75, 3.05) is 5.32 Å². The molecule has 1 aromatic carbocycles. The predicted octanol–water partition coefficient (Wildman–Crippen LogP) is 3.58. The van der Waals surface area contributed by atoms with Crippen LogP contribution in [0.2, 0.25) is 0 Å². The molecule has 1 aliphatic rings. The largest absolute Gasteiger partial charge is 0.366 e. The molecule has 0 unspecified atom stereocenters. The molecule has 2 aromatic rings. The van der Waals surface area contributed by atoms with E-state index in [0.29, 0.717) is 6.04 Å². The molecule has 0 bridgehead atoms. The molecule has 1 saturated carbocycles. The van der Waals surface area contributed by atoms with Crippen LogP contribution in [0.5, 0.6) is 0 Å². The lowest BCUT2D eigenvalue weighted by molar-refractivity contribution is 1.05. The minimum absolute atomic E-state index is 0.641. The highest BCUT2D eigenvalue weighted by Crippen LogP contribution is 2.28. The summed E-state index contributed by atoms with van der Waals surface area (Å²) in [6, 6.07) is 7.22. The first kappa shape index (κ1) is 11.3. The van der Waals surface area contributed by atoms with E-state index >= 15 is 0 Å². The Bertz CT molecular complexity index is 579. The molecule has 0 radical (unpaired) electrons. The van der Waals surface area contributed by atoms with Gasteiger partial charge in [-0.15, -0.1) is 0 Å². The second kappa shape index (κ2) is 4.16. The van der Waals surface area contributed by atoms with Gasteiger partial charge in [0.2, 0.25) is 0 Å². The van der Waals surface area contributed by atoms with Crippen molar-refractivity contribution in [1.82, 2.24) is 10.2 Å². The molecular weight excluding hydrogens is 222 g/mol. The third kappa shape index (κ3) is 2.13. The molecule has 2 N–H and O–H groups in total. The molecule has 0 spiro atoms. The van der Waals surface area contributed by atoms with Crippen LogP contribution in [-0.2, 0) is 0 Å². The van der Waals surface area contributed by atoms with Crippen molar-refractivity contribution in [2.24, 2.45) is 0 Å². The summed E-state index contributed by atoms with van der Waals surface area (Å²) in [6.07, 6.45) is 2.54. The van der Waals surface area contributed by atoms with Crippen LogP contribution in [0.3, 0.4) is 0 Å². The van der Waals surface area contributed by atoms with Crippen LogP contribution in [0.15, 0.2) is 18.2 Å². The highest BCUT2D eigenvalue weighted by Gasteiger charge is 2.21. The lowest BCUT2D eigenvalue weighted by atomic mass is 9.99. The van der Waals surface area contributed by atoms with E-state index in [1.165, 1.54) is 35.1 Å². The highest BCUT2D eigenvalue weighted by molar-refractivity contribution is 5.68. The van der Waals surface area contributed by atoms with Gasteiger partial charge in [0.05, 0.1) is 5.69 Å². The summed E-state index contributed by atoms with van der Waals surface area (Å²) < 4.78 is 0. The van der Waals surface area contributed by atoms with E-state index in [-0.39, 0.29) is 0 Å². The summed E-state index contributed by atoms with van der Waals surface area (Å²) in [5.41, 5.74) is 6.29. The lowest BCUT2D eigenvalue weighted by Crippen LogP contribution is -2.00. The van der Waals surface area contributed by atoms with Crippen LogP contribution in [0.4, 0.5) is 5.82 Å². The van der Waals surface area contributed by atoms with Crippen molar-refractivity contribution in [2.45, 2.75) is 39.7 Å². The van der Waals surface area contributed by atoms with Crippen molar-refractivity contribution in [3.8, 4) is 11.3 Å². The first-order valence-electron chi connectivity index (χ1n) is 6.53. The zero-order valence-electron chi connectivity index (χ0n) is 11.2. The lowest BCUT2D eigenvalue weighted by Gasteiger charge is -2.07. The molecule has 3 rings (SSSR count). The summed E-state index contributed by atoms with van der Waals surface area (Å²) >= 11 is 0. The smallest absolute Gasteiger partial charge is 0.148 e. The van der Waals surface area contributed by atoms with Gasteiger partial charge in [0.15, 0.2) is 0 Å². The van der Waals surface area contributed by atoms with Gasteiger partial charge >= 0.3 is 0 Å². The Hall–Kier alpha value is -1.77. The van der Waals surface area contributed by atoms with Gasteiger partial charge in [-0.3, -0.25) is 5.10 Å². The van der Waals surface area contributed by atoms with Gasteiger partial charge in [0.25, 0.3) is 0 Å². The van der Waals surface area contributed by atoms with E-state index in [9.17, 15) is 0 Å². The number of hydrogen-bond acceptors (Lipinski definition) is 2. The fourth-order valence-corrected chi connectivity index (χ4v) is 2.22. The maximum absolute atomic E-state index is 4.33. The minimum Gasteiger partial charge on any atom is -0.366 e. The van der Waals surface area contributed by atoms with E-state index in [2.05, 4.69) is 54.5 Å². The van der Waals surface area contributed by atoms with Crippen molar-refractivity contribution in [3.05, 3.63) is 34.9 Å². The van der Waals surface area contributed by atoms with E-state index < -0.39 is 0 Å². The minimum atomic E-state index is 0.641. The molecule has 1 fully saturated rings. The Morgan fingerprint density at radius 1 is 1.06 bits per heavy atom. The molecule has 1 aliphatic carbocycles. The molecule has 3 heteroatoms. The van der Waals surface area contributed by atoms with Crippen LogP contribution >= 0.6 is 0 Å². The number of rotatable bonds is 3. The molecule has 0 saturated heterocycles. The molecule has 94 valence electrons. The Labute approximate surface area is 108 Å². The van der Waals surface area contributed by atoms with Gasteiger partial charge < -0.3 is 5.32 Å². The van der Waals surface area contributed by atoms with Gasteiger partial charge in [0.1, 0.15) is 5.82 Å². The Morgan fingerprint density at radius 2 is 1.78 bits per heavy atom. The van der Waals surface area contributed by atoms with Gasteiger partial charge in [-0.1, -0.05) is 6.07 Å². The monoisotopic (exact) mass is 241 g/mol. The molecule has 0 aliphatic heterocycles. The van der Waals surface area contributed by atoms with E-state index in [1.807, 2.05) is 0 Å². The van der Waals surface area contributed by atoms with Gasteiger partial charge in [-0.05, 0) is 56.4 Å². The number of aryl methyl sites for hydroxylation is 3. The normalized spacial score (nSPS) is 14.8. The summed E-state index contributed by atoms with van der Waals surface area (Å²) in [4.78, 5) is 0. The SMILES string of the molecule is Cc1cc(C)c(-c2cc(NC3CC3)n[nH]2)cc1C. The standard InChI is InChI=1S/C15H19N3/c1-9-6-11(3)13(7-10(9)2)14-8-15(18-17-14)16-12-4-5-12/h6-8,12H,4-5H2,1-3H3,(H2,16,17,18). The Kier molecular flexibility index (Phi) is 2.62. The van der Waals surface area contributed by atoms with Gasteiger partial charge in [0, 0.05) is 17.7 Å². The Balaban J connectivity index is 1.93. The number of hydrogen-bond donors (Lipinski definition) is 2. The first-order valence-corrected chi connectivity index (χ1v) is 6.53. The van der Waals surface area contributed by atoms with E-state index in [0.717, 1.165) is 11.5 Å². The average molecular weight is 241 g/mol. The second-order valence-corrected chi connectivity index (χ2v) is 5.34. The number of aromatic amines is 1. The maximum atomic E-state index is 4.33. The average Bonchev–Trinajstić information content (AvgIpc) is 3.01. The number of nitrogens with one attached hydrogen (secondary N) is 2. The van der Waals surface area contributed by atoms with Crippen LogP contribution in [0.25, 0.3) is 11.3 Å². The van der Waals surface area contributed by atoms with Crippen molar-refractivity contribution in [1.29, 1.82) is 0 Å². The van der Waals surface area contributed by atoms with Crippen LogP contribution < -0.4 is 5.32 Å². The second-order valence-electron chi connectivity index (χ2n) is 5.34. The fraction of sp³-hybridized carbons (Fsp3) is 0.400. The molecule has 0 atom stereocenters. The van der Waals surface area contributed by atoms with Gasteiger partial charge in [-0.25, -0.2) is 0 Å². The van der Waals surface area contributed by atoms with E-state index in [4.69, 9.17) is 0 Å². The highest BCUT2D eigenvalue weighted by atomic mass is 15.2. The summed E-state index contributed by atoms with van der Waals surface area (Å²) in [7, 11) is 0. The zero-order chi connectivity index (χ0) is 12.7. The molecule has 1 heterocycles. The van der Waals surface area contributed by atoms with Crippen LogP contribution in [-0.4, -0.2) is 16.2 Å². The topological polar surface area (TPSA) is 40.7 Å². The fourth-order valence-electron chi connectivity index (χ4n) is 2.22. The Morgan fingerprint density at radius 3 is 2.50 bits per heavy atom. The summed E-state index contributed by atoms with van der Waals surface area (Å²) in [6.45, 7) is 6.45. The van der Waals surface area contributed by atoms with Crippen LogP contribution in [0.1, 0.15) is 29.5 Å². The van der Waals surface area contributed by atoms with E-state index in [1.54, 1.807) is 0 Å². The third-order valence-corrected chi connectivity index (χ3v) is 3.64. The maximum Gasteiger partial charge on any atom is 0.148 e. The summed E-state index contributed by atoms with van der Waals surface area (Å²) in [5.74, 6) is 0.963. The number of benzene rings is 1.